The van der Waals surface area contributed by atoms with Gasteiger partial charge in [0.2, 0.25) is 5.95 Å². The van der Waals surface area contributed by atoms with Crippen molar-refractivity contribution in [2.24, 2.45) is 0 Å². The molecule has 0 saturated heterocycles. The fourth-order valence-electron chi connectivity index (χ4n) is 2.99. The molecule has 150 valence electrons. The monoisotopic (exact) mass is 421 g/mol. The van der Waals surface area contributed by atoms with E-state index >= 15 is 0 Å². The van der Waals surface area contributed by atoms with Crippen LogP contribution in [-0.4, -0.2) is 15.1 Å². The standard InChI is InChI=1S/C23H17ClFN3O2/c24-16-5-3-15(4-6-16)20-12-27-23(26)28-22(20)19-10-9-18(11-21(19)29)30-13-14-1-7-17(25)8-2-14/h1-12,29H,13H2,(H2,26,27,28). The molecule has 0 amide bonds. The molecule has 0 aliphatic heterocycles. The number of phenols is 1. The Bertz CT molecular complexity index is 1180. The summed E-state index contributed by atoms with van der Waals surface area (Å²) >= 11 is 5.98. The number of nitrogen functional groups attached to an aromatic ring is 1. The summed E-state index contributed by atoms with van der Waals surface area (Å²) < 4.78 is 18.7. The van der Waals surface area contributed by atoms with Crippen LogP contribution in [0.2, 0.25) is 5.02 Å². The quantitative estimate of drug-likeness (QED) is 0.446. The molecule has 1 aromatic heterocycles. The number of nitrogens with zero attached hydrogens (tertiary/aromatic N) is 2. The Labute approximate surface area is 177 Å². The number of rotatable bonds is 5. The van der Waals surface area contributed by atoms with Gasteiger partial charge in [-0.25, -0.2) is 14.4 Å². The van der Waals surface area contributed by atoms with Crippen molar-refractivity contribution in [3.05, 3.63) is 89.3 Å². The first-order valence-electron chi connectivity index (χ1n) is 9.09. The number of hydrogen-bond acceptors (Lipinski definition) is 5. The Morgan fingerprint density at radius 1 is 0.967 bits per heavy atom. The molecule has 4 aromatic rings. The molecule has 0 saturated carbocycles. The summed E-state index contributed by atoms with van der Waals surface area (Å²) in [5.74, 6) is 0.246. The first-order valence-corrected chi connectivity index (χ1v) is 9.46. The largest absolute Gasteiger partial charge is 0.507 e. The average Bonchev–Trinajstić information content (AvgIpc) is 2.74. The van der Waals surface area contributed by atoms with E-state index in [-0.39, 0.29) is 24.1 Å². The molecule has 5 nitrogen and oxygen atoms in total. The van der Waals surface area contributed by atoms with Crippen molar-refractivity contribution in [3.63, 3.8) is 0 Å². The molecule has 7 heteroatoms. The molecule has 0 fully saturated rings. The molecule has 1 heterocycles. The van der Waals surface area contributed by atoms with E-state index in [4.69, 9.17) is 22.1 Å². The number of hydrogen-bond donors (Lipinski definition) is 2. The number of anilines is 1. The van der Waals surface area contributed by atoms with Crippen molar-refractivity contribution in [2.45, 2.75) is 6.61 Å². The van der Waals surface area contributed by atoms with E-state index < -0.39 is 0 Å². The fraction of sp³-hybridized carbons (Fsp3) is 0.0435. The zero-order valence-electron chi connectivity index (χ0n) is 15.7. The molecule has 0 bridgehead atoms. The first kappa shape index (κ1) is 19.7. The molecule has 0 radical (unpaired) electrons. The van der Waals surface area contributed by atoms with Crippen LogP contribution in [0.1, 0.15) is 5.56 Å². The van der Waals surface area contributed by atoms with Gasteiger partial charge in [0.1, 0.15) is 23.9 Å². The predicted octanol–water partition coefficient (Wildman–Crippen LogP) is 5.47. The Balaban J connectivity index is 1.63. The first-order chi connectivity index (χ1) is 14.5. The second-order valence-corrected chi connectivity index (χ2v) is 7.03. The summed E-state index contributed by atoms with van der Waals surface area (Å²) in [6.45, 7) is 0.246. The molecule has 3 N–H and O–H groups in total. The van der Waals surface area contributed by atoms with Gasteiger partial charge < -0.3 is 15.6 Å². The highest BCUT2D eigenvalue weighted by Gasteiger charge is 2.15. The lowest BCUT2D eigenvalue weighted by atomic mass is 10.00. The number of benzene rings is 3. The van der Waals surface area contributed by atoms with E-state index in [0.29, 0.717) is 27.6 Å². The zero-order valence-corrected chi connectivity index (χ0v) is 16.5. The average molecular weight is 422 g/mol. The van der Waals surface area contributed by atoms with Gasteiger partial charge in [0, 0.05) is 28.4 Å². The van der Waals surface area contributed by atoms with Crippen LogP contribution in [0, 0.1) is 5.82 Å². The maximum atomic E-state index is 13.0. The highest BCUT2D eigenvalue weighted by atomic mass is 35.5. The summed E-state index contributed by atoms with van der Waals surface area (Å²) in [5.41, 5.74) is 9.13. The van der Waals surface area contributed by atoms with E-state index in [1.807, 2.05) is 12.1 Å². The highest BCUT2D eigenvalue weighted by Crippen LogP contribution is 2.37. The topological polar surface area (TPSA) is 81.3 Å². The second-order valence-electron chi connectivity index (χ2n) is 6.59. The van der Waals surface area contributed by atoms with Crippen molar-refractivity contribution >= 4 is 17.5 Å². The van der Waals surface area contributed by atoms with E-state index in [0.717, 1.165) is 11.1 Å². The maximum absolute atomic E-state index is 13.0. The minimum absolute atomic E-state index is 0.0140. The van der Waals surface area contributed by atoms with Crippen molar-refractivity contribution in [2.75, 3.05) is 5.73 Å². The van der Waals surface area contributed by atoms with Crippen molar-refractivity contribution < 1.29 is 14.2 Å². The SMILES string of the molecule is Nc1ncc(-c2ccc(Cl)cc2)c(-c2ccc(OCc3ccc(F)cc3)cc2O)n1. The predicted molar refractivity (Wildman–Crippen MR) is 115 cm³/mol. The van der Waals surface area contributed by atoms with Gasteiger partial charge in [0.25, 0.3) is 0 Å². The molecular weight excluding hydrogens is 405 g/mol. The van der Waals surface area contributed by atoms with Crippen LogP contribution in [0.3, 0.4) is 0 Å². The van der Waals surface area contributed by atoms with E-state index in [1.165, 1.54) is 18.2 Å². The van der Waals surface area contributed by atoms with Crippen LogP contribution < -0.4 is 10.5 Å². The lowest BCUT2D eigenvalue weighted by Gasteiger charge is -2.13. The van der Waals surface area contributed by atoms with Gasteiger partial charge in [-0.2, -0.15) is 0 Å². The molecule has 0 unspecified atom stereocenters. The minimum atomic E-state index is -0.304. The van der Waals surface area contributed by atoms with E-state index in [9.17, 15) is 9.50 Å². The number of aromatic hydroxyl groups is 1. The fourth-order valence-corrected chi connectivity index (χ4v) is 3.12. The smallest absolute Gasteiger partial charge is 0.220 e. The molecular formula is C23H17ClFN3O2. The van der Waals surface area contributed by atoms with Crippen molar-refractivity contribution in [1.82, 2.24) is 9.97 Å². The Morgan fingerprint density at radius 3 is 2.40 bits per heavy atom. The van der Waals surface area contributed by atoms with E-state index in [1.54, 1.807) is 42.6 Å². The molecule has 0 aliphatic rings. The van der Waals surface area contributed by atoms with Crippen LogP contribution >= 0.6 is 11.6 Å². The Morgan fingerprint density at radius 2 is 1.70 bits per heavy atom. The van der Waals surface area contributed by atoms with Crippen LogP contribution in [0.25, 0.3) is 22.4 Å². The molecule has 0 atom stereocenters. The second kappa shape index (κ2) is 8.39. The van der Waals surface area contributed by atoms with Gasteiger partial charge in [0.15, 0.2) is 0 Å². The highest BCUT2D eigenvalue weighted by molar-refractivity contribution is 6.30. The number of ether oxygens (including phenoxy) is 1. The summed E-state index contributed by atoms with van der Waals surface area (Å²) in [6, 6.07) is 18.2. The summed E-state index contributed by atoms with van der Waals surface area (Å²) in [4.78, 5) is 8.41. The summed E-state index contributed by atoms with van der Waals surface area (Å²) in [7, 11) is 0. The summed E-state index contributed by atoms with van der Waals surface area (Å²) in [5, 5.41) is 11.2. The van der Waals surface area contributed by atoms with E-state index in [2.05, 4.69) is 9.97 Å². The summed E-state index contributed by atoms with van der Waals surface area (Å²) in [6.07, 6.45) is 1.61. The third kappa shape index (κ3) is 4.34. The van der Waals surface area contributed by atoms with Crippen LogP contribution in [0.15, 0.2) is 72.9 Å². The normalized spacial score (nSPS) is 10.7. The number of halogens is 2. The third-order valence-electron chi connectivity index (χ3n) is 4.51. The third-order valence-corrected chi connectivity index (χ3v) is 4.76. The lowest BCUT2D eigenvalue weighted by Crippen LogP contribution is -1.99. The molecule has 0 aliphatic carbocycles. The van der Waals surface area contributed by atoms with Gasteiger partial charge >= 0.3 is 0 Å². The van der Waals surface area contributed by atoms with Crippen LogP contribution in [-0.2, 0) is 6.61 Å². The van der Waals surface area contributed by atoms with Crippen molar-refractivity contribution in [1.29, 1.82) is 0 Å². The lowest BCUT2D eigenvalue weighted by molar-refractivity contribution is 0.304. The number of nitrogens with two attached hydrogens (primary N) is 1. The van der Waals surface area contributed by atoms with Gasteiger partial charge in [-0.1, -0.05) is 35.9 Å². The number of aromatic nitrogens is 2. The van der Waals surface area contributed by atoms with Gasteiger partial charge in [-0.05, 0) is 47.5 Å². The van der Waals surface area contributed by atoms with Crippen molar-refractivity contribution in [3.8, 4) is 33.9 Å². The Kier molecular flexibility index (Phi) is 5.50. The zero-order chi connectivity index (χ0) is 21.1. The van der Waals surface area contributed by atoms with Gasteiger partial charge in [0.05, 0.1) is 5.69 Å². The minimum Gasteiger partial charge on any atom is -0.507 e. The molecule has 30 heavy (non-hydrogen) atoms. The molecule has 3 aromatic carbocycles. The van der Waals surface area contributed by atoms with Gasteiger partial charge in [-0.3, -0.25) is 0 Å². The van der Waals surface area contributed by atoms with Gasteiger partial charge in [-0.15, -0.1) is 0 Å². The maximum Gasteiger partial charge on any atom is 0.220 e. The molecule has 0 spiro atoms. The Hall–Kier alpha value is -3.64. The molecule has 4 rings (SSSR count). The number of phenolic OH excluding ortho intramolecular Hbond substituents is 1. The van der Waals surface area contributed by atoms with Crippen LogP contribution in [0.5, 0.6) is 11.5 Å². The van der Waals surface area contributed by atoms with Crippen LogP contribution in [0.4, 0.5) is 10.3 Å².